The fraction of sp³-hybridized carbons (Fsp3) is 0.300. The zero-order valence-corrected chi connectivity index (χ0v) is 14.8. The van der Waals surface area contributed by atoms with E-state index < -0.39 is 0 Å². The summed E-state index contributed by atoms with van der Waals surface area (Å²) in [4.78, 5) is 26.8. The Balaban J connectivity index is 1.77. The largest absolute Gasteiger partial charge is 0.399 e. The van der Waals surface area contributed by atoms with Crippen LogP contribution in [0.3, 0.4) is 0 Å². The Hall–Kier alpha value is -2.82. The number of aryl methyl sites for hydroxylation is 2. The first-order valence-corrected chi connectivity index (χ1v) is 8.40. The average Bonchev–Trinajstić information content (AvgIpc) is 2.95. The number of rotatable bonds is 3. The molecule has 2 aromatic rings. The normalized spacial score (nSPS) is 17.0. The van der Waals surface area contributed by atoms with Crippen molar-refractivity contribution in [3.8, 4) is 0 Å². The number of carbonyl (C=O) groups is 2. The van der Waals surface area contributed by atoms with Gasteiger partial charge in [-0.2, -0.15) is 0 Å². The second-order valence-corrected chi connectivity index (χ2v) is 6.69. The summed E-state index contributed by atoms with van der Waals surface area (Å²) in [5.41, 5.74) is 11.1. The first-order chi connectivity index (χ1) is 11.9. The molecular weight excluding hydrogens is 314 g/mol. The smallest absolute Gasteiger partial charge is 0.229 e. The third kappa shape index (κ3) is 3.36. The van der Waals surface area contributed by atoms with Crippen LogP contribution in [0.15, 0.2) is 36.4 Å². The minimum absolute atomic E-state index is 0.0156. The van der Waals surface area contributed by atoms with Gasteiger partial charge in [-0.15, -0.1) is 0 Å². The molecule has 0 spiro atoms. The second kappa shape index (κ2) is 6.59. The van der Waals surface area contributed by atoms with Gasteiger partial charge in [0.05, 0.1) is 5.92 Å². The molecule has 0 radical (unpaired) electrons. The van der Waals surface area contributed by atoms with Crippen molar-refractivity contribution in [3.05, 3.63) is 53.1 Å². The van der Waals surface area contributed by atoms with Gasteiger partial charge < -0.3 is 16.0 Å². The fourth-order valence-corrected chi connectivity index (χ4v) is 3.15. The minimum atomic E-state index is -0.367. The number of nitrogens with zero attached hydrogens (tertiary/aromatic N) is 1. The van der Waals surface area contributed by atoms with E-state index in [9.17, 15) is 9.59 Å². The molecule has 3 rings (SSSR count). The lowest BCUT2D eigenvalue weighted by Gasteiger charge is -2.20. The van der Waals surface area contributed by atoms with Crippen LogP contribution in [0.25, 0.3) is 0 Å². The molecular formula is C20H23N3O2. The van der Waals surface area contributed by atoms with Gasteiger partial charge in [0.15, 0.2) is 0 Å². The predicted octanol–water partition coefficient (Wildman–Crippen LogP) is 3.19. The number of nitrogens with two attached hydrogens (primary N) is 1. The Morgan fingerprint density at radius 2 is 1.92 bits per heavy atom. The molecule has 130 valence electrons. The zero-order chi connectivity index (χ0) is 18.1. The highest BCUT2D eigenvalue weighted by atomic mass is 16.2. The van der Waals surface area contributed by atoms with Crippen LogP contribution in [-0.4, -0.2) is 18.4 Å². The van der Waals surface area contributed by atoms with Crippen molar-refractivity contribution >= 4 is 28.9 Å². The lowest BCUT2D eigenvalue weighted by atomic mass is 10.1. The number of hydrogen-bond acceptors (Lipinski definition) is 3. The van der Waals surface area contributed by atoms with E-state index in [1.54, 1.807) is 17.0 Å². The Morgan fingerprint density at radius 3 is 2.68 bits per heavy atom. The van der Waals surface area contributed by atoms with Gasteiger partial charge in [-0.25, -0.2) is 0 Å². The Morgan fingerprint density at radius 1 is 1.16 bits per heavy atom. The molecule has 1 atom stereocenters. The van der Waals surface area contributed by atoms with E-state index in [1.807, 2.05) is 45.0 Å². The van der Waals surface area contributed by atoms with Gasteiger partial charge in [0.1, 0.15) is 0 Å². The molecule has 1 aliphatic heterocycles. The van der Waals surface area contributed by atoms with Crippen LogP contribution in [-0.2, 0) is 9.59 Å². The van der Waals surface area contributed by atoms with Crippen molar-refractivity contribution in [1.29, 1.82) is 0 Å². The Labute approximate surface area is 147 Å². The molecule has 1 aliphatic rings. The van der Waals surface area contributed by atoms with Crippen LogP contribution < -0.4 is 16.0 Å². The van der Waals surface area contributed by atoms with Crippen LogP contribution >= 0.6 is 0 Å². The molecule has 2 aromatic carbocycles. The van der Waals surface area contributed by atoms with Crippen molar-refractivity contribution in [2.75, 3.05) is 22.5 Å². The van der Waals surface area contributed by atoms with E-state index in [1.165, 1.54) is 0 Å². The van der Waals surface area contributed by atoms with Gasteiger partial charge in [-0.05, 0) is 55.7 Å². The first kappa shape index (κ1) is 17.0. The quantitative estimate of drug-likeness (QED) is 0.845. The van der Waals surface area contributed by atoms with Crippen molar-refractivity contribution in [3.63, 3.8) is 0 Å². The maximum Gasteiger partial charge on any atom is 0.229 e. The molecule has 25 heavy (non-hydrogen) atoms. The van der Waals surface area contributed by atoms with E-state index in [4.69, 9.17) is 5.73 Å². The summed E-state index contributed by atoms with van der Waals surface area (Å²) in [7, 11) is 0. The lowest BCUT2D eigenvalue weighted by molar-refractivity contribution is -0.122. The standard InChI is InChI=1S/C20H23N3O2/c1-12-5-4-6-18(14(12)3)23-11-15(9-19(23)24)20(25)22-17-10-16(21)8-7-13(17)2/h4-8,10,15H,9,11,21H2,1-3H3,(H,22,25). The van der Waals surface area contributed by atoms with Crippen LogP contribution in [0, 0.1) is 26.7 Å². The highest BCUT2D eigenvalue weighted by Gasteiger charge is 2.35. The summed E-state index contributed by atoms with van der Waals surface area (Å²) in [6.45, 7) is 6.33. The predicted molar refractivity (Wildman–Crippen MR) is 101 cm³/mol. The lowest BCUT2D eigenvalue weighted by Crippen LogP contribution is -2.28. The van der Waals surface area contributed by atoms with Gasteiger partial charge in [0.25, 0.3) is 0 Å². The second-order valence-electron chi connectivity index (χ2n) is 6.69. The molecule has 5 nitrogen and oxygen atoms in total. The molecule has 0 bridgehead atoms. The summed E-state index contributed by atoms with van der Waals surface area (Å²) in [6, 6.07) is 11.3. The molecule has 1 unspecified atom stereocenters. The maximum absolute atomic E-state index is 12.6. The van der Waals surface area contributed by atoms with Gasteiger partial charge in [-0.1, -0.05) is 18.2 Å². The van der Waals surface area contributed by atoms with Crippen LogP contribution in [0.1, 0.15) is 23.1 Å². The third-order valence-electron chi connectivity index (χ3n) is 4.88. The molecule has 3 N–H and O–H groups in total. The summed E-state index contributed by atoms with van der Waals surface area (Å²) in [6.07, 6.45) is 0.223. The average molecular weight is 337 g/mol. The topological polar surface area (TPSA) is 75.4 Å². The van der Waals surface area contributed by atoms with Gasteiger partial charge in [0, 0.05) is 30.0 Å². The van der Waals surface area contributed by atoms with Gasteiger partial charge >= 0.3 is 0 Å². The maximum atomic E-state index is 12.6. The molecule has 0 saturated carbocycles. The SMILES string of the molecule is Cc1ccc(N)cc1NC(=O)C1CC(=O)N(c2cccc(C)c2C)C1. The van der Waals surface area contributed by atoms with E-state index in [2.05, 4.69) is 5.32 Å². The number of hydrogen-bond donors (Lipinski definition) is 2. The fourth-order valence-electron chi connectivity index (χ4n) is 3.15. The van der Waals surface area contributed by atoms with E-state index in [0.29, 0.717) is 17.9 Å². The summed E-state index contributed by atoms with van der Waals surface area (Å²) in [5.74, 6) is -0.527. The molecule has 0 aliphatic carbocycles. The molecule has 1 fully saturated rings. The van der Waals surface area contributed by atoms with Crippen molar-refractivity contribution in [1.82, 2.24) is 0 Å². The van der Waals surface area contributed by atoms with E-state index >= 15 is 0 Å². The van der Waals surface area contributed by atoms with Gasteiger partial charge in [0.2, 0.25) is 11.8 Å². The summed E-state index contributed by atoms with van der Waals surface area (Å²) < 4.78 is 0. The highest BCUT2D eigenvalue weighted by Crippen LogP contribution is 2.30. The number of carbonyl (C=O) groups excluding carboxylic acids is 2. The van der Waals surface area contributed by atoms with Crippen molar-refractivity contribution < 1.29 is 9.59 Å². The number of amides is 2. The van der Waals surface area contributed by atoms with Crippen LogP contribution in [0.4, 0.5) is 17.1 Å². The van der Waals surface area contributed by atoms with Crippen LogP contribution in [0.2, 0.25) is 0 Å². The first-order valence-electron chi connectivity index (χ1n) is 8.40. The van der Waals surface area contributed by atoms with Crippen molar-refractivity contribution in [2.24, 2.45) is 5.92 Å². The number of nitrogens with one attached hydrogen (secondary N) is 1. The monoisotopic (exact) mass is 337 g/mol. The number of nitrogen functional groups attached to an aromatic ring is 1. The van der Waals surface area contributed by atoms with E-state index in [-0.39, 0.29) is 24.2 Å². The Bertz CT molecular complexity index is 845. The Kier molecular flexibility index (Phi) is 4.49. The molecule has 1 heterocycles. The van der Waals surface area contributed by atoms with Gasteiger partial charge in [-0.3, -0.25) is 9.59 Å². The zero-order valence-electron chi connectivity index (χ0n) is 14.8. The molecule has 1 saturated heterocycles. The summed E-state index contributed by atoms with van der Waals surface area (Å²) in [5, 5.41) is 2.91. The number of anilines is 3. The summed E-state index contributed by atoms with van der Waals surface area (Å²) >= 11 is 0. The minimum Gasteiger partial charge on any atom is -0.399 e. The molecule has 2 amide bonds. The highest BCUT2D eigenvalue weighted by molar-refractivity contribution is 6.04. The molecule has 5 heteroatoms. The van der Waals surface area contributed by atoms with Crippen molar-refractivity contribution in [2.45, 2.75) is 27.2 Å². The molecule has 0 aromatic heterocycles. The third-order valence-corrected chi connectivity index (χ3v) is 4.88. The number of benzene rings is 2. The van der Waals surface area contributed by atoms with Crippen LogP contribution in [0.5, 0.6) is 0 Å². The van der Waals surface area contributed by atoms with E-state index in [0.717, 1.165) is 22.4 Å².